The summed E-state index contributed by atoms with van der Waals surface area (Å²) in [5, 5.41) is 2.83. The summed E-state index contributed by atoms with van der Waals surface area (Å²) in [7, 11) is 0. The molecule has 1 heterocycles. The molecule has 98 valence electrons. The minimum atomic E-state index is -0.173. The van der Waals surface area contributed by atoms with Gasteiger partial charge in [0.25, 0.3) is 5.91 Å². The van der Waals surface area contributed by atoms with Crippen molar-refractivity contribution in [1.29, 1.82) is 0 Å². The minimum Gasteiger partial charge on any atom is -0.324 e. The van der Waals surface area contributed by atoms with Crippen molar-refractivity contribution in [3.63, 3.8) is 0 Å². The molecule has 19 heavy (non-hydrogen) atoms. The molecule has 2 aromatic rings. The number of halogens is 1. The predicted molar refractivity (Wildman–Crippen MR) is 78.9 cm³/mol. The van der Waals surface area contributed by atoms with Crippen LogP contribution in [0.2, 0.25) is 0 Å². The molecule has 0 spiro atoms. The Bertz CT molecular complexity index is 615. The van der Waals surface area contributed by atoms with Gasteiger partial charge in [0, 0.05) is 23.6 Å². The van der Waals surface area contributed by atoms with E-state index in [2.05, 4.69) is 31.7 Å². The normalized spacial score (nSPS) is 10.1. The van der Waals surface area contributed by atoms with Crippen molar-refractivity contribution < 1.29 is 4.79 Å². The zero-order valence-electron chi connectivity index (χ0n) is 10.3. The van der Waals surface area contributed by atoms with Gasteiger partial charge in [-0.05, 0) is 52.7 Å². The van der Waals surface area contributed by atoms with Gasteiger partial charge < -0.3 is 10.7 Å². The lowest BCUT2D eigenvalue weighted by Crippen LogP contribution is -2.14. The van der Waals surface area contributed by atoms with E-state index in [0.29, 0.717) is 11.3 Å². The molecule has 0 saturated heterocycles. The standard InChI is InChI=1S/C13H13BrN4O/c1-8-6-9(18-15)2-3-10(8)13(19)17-12-4-5-16-7-11(12)14/h2-7,18H,15H2,1H3,(H,16,17,19). The van der Waals surface area contributed by atoms with Gasteiger partial charge in [0.2, 0.25) is 0 Å². The number of hydrazine groups is 1. The highest BCUT2D eigenvalue weighted by Crippen LogP contribution is 2.22. The van der Waals surface area contributed by atoms with E-state index in [0.717, 1.165) is 15.7 Å². The molecular formula is C13H13BrN4O. The molecule has 0 bridgehead atoms. The van der Waals surface area contributed by atoms with E-state index in [9.17, 15) is 4.79 Å². The average molecular weight is 321 g/mol. The SMILES string of the molecule is Cc1cc(NN)ccc1C(=O)Nc1ccncc1Br. The Labute approximate surface area is 119 Å². The van der Waals surface area contributed by atoms with Crippen LogP contribution in [0.3, 0.4) is 0 Å². The number of carbonyl (C=O) groups is 1. The molecule has 1 amide bonds. The smallest absolute Gasteiger partial charge is 0.255 e. The van der Waals surface area contributed by atoms with Crippen molar-refractivity contribution in [3.8, 4) is 0 Å². The zero-order valence-corrected chi connectivity index (χ0v) is 11.9. The third-order valence-electron chi connectivity index (χ3n) is 2.66. The van der Waals surface area contributed by atoms with Gasteiger partial charge in [-0.15, -0.1) is 0 Å². The maximum atomic E-state index is 12.2. The Morgan fingerprint density at radius 1 is 1.37 bits per heavy atom. The van der Waals surface area contributed by atoms with Crippen LogP contribution in [0.25, 0.3) is 0 Å². The number of nitrogens with one attached hydrogen (secondary N) is 2. The second-order valence-corrected chi connectivity index (χ2v) is 4.84. The third kappa shape index (κ3) is 3.10. The van der Waals surface area contributed by atoms with Crippen molar-refractivity contribution >= 4 is 33.2 Å². The Kier molecular flexibility index (Phi) is 4.13. The number of amides is 1. The number of nitrogens with zero attached hydrogens (tertiary/aromatic N) is 1. The van der Waals surface area contributed by atoms with Gasteiger partial charge in [0.1, 0.15) is 0 Å². The molecule has 0 fully saturated rings. The lowest BCUT2D eigenvalue weighted by Gasteiger charge is -2.10. The maximum Gasteiger partial charge on any atom is 0.255 e. The molecular weight excluding hydrogens is 308 g/mol. The molecule has 0 atom stereocenters. The van der Waals surface area contributed by atoms with Crippen molar-refractivity contribution in [2.24, 2.45) is 5.84 Å². The number of nitrogen functional groups attached to an aromatic ring is 1. The highest BCUT2D eigenvalue weighted by atomic mass is 79.9. The fraction of sp³-hybridized carbons (Fsp3) is 0.0769. The first-order valence-corrected chi connectivity index (χ1v) is 6.39. The molecule has 0 aliphatic heterocycles. The summed E-state index contributed by atoms with van der Waals surface area (Å²) in [6, 6.07) is 7.03. The summed E-state index contributed by atoms with van der Waals surface area (Å²) in [5.41, 5.74) is 5.43. The minimum absolute atomic E-state index is 0.173. The van der Waals surface area contributed by atoms with Crippen LogP contribution in [0.5, 0.6) is 0 Å². The molecule has 0 unspecified atom stereocenters. The van der Waals surface area contributed by atoms with Gasteiger partial charge in [-0.3, -0.25) is 15.6 Å². The van der Waals surface area contributed by atoms with Gasteiger partial charge in [0.05, 0.1) is 10.2 Å². The number of rotatable bonds is 3. The van der Waals surface area contributed by atoms with Crippen LogP contribution in [-0.4, -0.2) is 10.9 Å². The molecule has 0 saturated carbocycles. The van der Waals surface area contributed by atoms with E-state index in [-0.39, 0.29) is 5.91 Å². The molecule has 0 radical (unpaired) electrons. The molecule has 2 rings (SSSR count). The van der Waals surface area contributed by atoms with Crippen molar-refractivity contribution in [1.82, 2.24) is 4.98 Å². The van der Waals surface area contributed by atoms with E-state index in [1.54, 1.807) is 30.6 Å². The van der Waals surface area contributed by atoms with Gasteiger partial charge in [-0.25, -0.2) is 0 Å². The van der Waals surface area contributed by atoms with Crippen molar-refractivity contribution in [3.05, 3.63) is 52.3 Å². The van der Waals surface area contributed by atoms with E-state index >= 15 is 0 Å². The molecule has 1 aromatic heterocycles. The molecule has 0 aliphatic carbocycles. The van der Waals surface area contributed by atoms with Crippen molar-refractivity contribution in [2.45, 2.75) is 6.92 Å². The maximum absolute atomic E-state index is 12.2. The molecule has 4 N–H and O–H groups in total. The van der Waals surface area contributed by atoms with Gasteiger partial charge >= 0.3 is 0 Å². The molecule has 6 heteroatoms. The number of pyridine rings is 1. The van der Waals surface area contributed by atoms with Crippen LogP contribution in [0, 0.1) is 6.92 Å². The van der Waals surface area contributed by atoms with E-state index in [1.165, 1.54) is 0 Å². The number of anilines is 2. The second kappa shape index (κ2) is 5.81. The molecule has 1 aromatic carbocycles. The quantitative estimate of drug-likeness (QED) is 0.600. The first-order chi connectivity index (χ1) is 9.11. The summed E-state index contributed by atoms with van der Waals surface area (Å²) in [6.45, 7) is 1.86. The largest absolute Gasteiger partial charge is 0.324 e. The highest BCUT2D eigenvalue weighted by molar-refractivity contribution is 9.10. The first-order valence-electron chi connectivity index (χ1n) is 5.60. The summed E-state index contributed by atoms with van der Waals surface area (Å²) in [5.74, 6) is 5.15. The van der Waals surface area contributed by atoms with Crippen molar-refractivity contribution in [2.75, 3.05) is 10.7 Å². The zero-order chi connectivity index (χ0) is 13.8. The Morgan fingerprint density at radius 2 is 2.16 bits per heavy atom. The van der Waals surface area contributed by atoms with Gasteiger partial charge in [-0.1, -0.05) is 0 Å². The Hall–Kier alpha value is -1.92. The van der Waals surface area contributed by atoms with Gasteiger partial charge in [0.15, 0.2) is 0 Å². The Morgan fingerprint density at radius 3 is 2.79 bits per heavy atom. The van der Waals surface area contributed by atoms with Crippen LogP contribution in [-0.2, 0) is 0 Å². The molecule has 5 nitrogen and oxygen atoms in total. The van der Waals surface area contributed by atoms with E-state index in [1.807, 2.05) is 13.0 Å². The summed E-state index contributed by atoms with van der Waals surface area (Å²) in [4.78, 5) is 16.1. The summed E-state index contributed by atoms with van der Waals surface area (Å²) >= 11 is 3.33. The fourth-order valence-corrected chi connectivity index (χ4v) is 2.02. The number of carbonyl (C=O) groups excluding carboxylic acids is 1. The lowest BCUT2D eigenvalue weighted by atomic mass is 10.1. The van der Waals surface area contributed by atoms with Gasteiger partial charge in [-0.2, -0.15) is 0 Å². The number of benzene rings is 1. The topological polar surface area (TPSA) is 80.0 Å². The van der Waals surface area contributed by atoms with Crippen LogP contribution in [0.1, 0.15) is 15.9 Å². The lowest BCUT2D eigenvalue weighted by molar-refractivity contribution is 0.102. The fourth-order valence-electron chi connectivity index (χ4n) is 1.67. The van der Waals surface area contributed by atoms with E-state index in [4.69, 9.17) is 5.84 Å². The number of aryl methyl sites for hydroxylation is 1. The Balaban J connectivity index is 2.23. The molecule has 0 aliphatic rings. The first kappa shape index (κ1) is 13.5. The number of aromatic nitrogens is 1. The second-order valence-electron chi connectivity index (χ2n) is 3.98. The summed E-state index contributed by atoms with van der Waals surface area (Å²) in [6.07, 6.45) is 3.25. The van der Waals surface area contributed by atoms with Crippen LogP contribution in [0.4, 0.5) is 11.4 Å². The van der Waals surface area contributed by atoms with Crippen LogP contribution >= 0.6 is 15.9 Å². The number of hydrogen-bond acceptors (Lipinski definition) is 4. The predicted octanol–water partition coefficient (Wildman–Crippen LogP) is 2.69. The number of hydrogen-bond donors (Lipinski definition) is 3. The van der Waals surface area contributed by atoms with Crippen LogP contribution < -0.4 is 16.6 Å². The van der Waals surface area contributed by atoms with Crippen LogP contribution in [0.15, 0.2) is 41.1 Å². The van der Waals surface area contributed by atoms with E-state index < -0.39 is 0 Å². The third-order valence-corrected chi connectivity index (χ3v) is 3.29. The monoisotopic (exact) mass is 320 g/mol. The average Bonchev–Trinajstić information content (AvgIpc) is 2.41. The summed E-state index contributed by atoms with van der Waals surface area (Å²) < 4.78 is 0.737. The number of nitrogens with two attached hydrogens (primary N) is 1. The highest BCUT2D eigenvalue weighted by Gasteiger charge is 2.11.